The van der Waals surface area contributed by atoms with Gasteiger partial charge in [0, 0.05) is 11.3 Å². The lowest BCUT2D eigenvalue weighted by Gasteiger charge is -2.06. The summed E-state index contributed by atoms with van der Waals surface area (Å²) < 4.78 is 30.1. The lowest BCUT2D eigenvalue weighted by molar-refractivity contribution is 0.0996. The summed E-state index contributed by atoms with van der Waals surface area (Å²) in [6, 6.07) is 18.5. The first-order chi connectivity index (χ1) is 11.6. The largest absolute Gasteiger partial charge is 0.459 e. The molecule has 0 fully saturated rings. The maximum atomic E-state index is 12.5. The van der Waals surface area contributed by atoms with Gasteiger partial charge in [0.2, 0.25) is 0 Å². The Morgan fingerprint density at radius 1 is 0.917 bits per heavy atom. The van der Waals surface area contributed by atoms with Crippen molar-refractivity contribution in [1.82, 2.24) is 0 Å². The Kier molecular flexibility index (Phi) is 4.48. The van der Waals surface area contributed by atoms with Gasteiger partial charge in [-0.25, -0.2) is 8.42 Å². The standard InChI is InChI=1S/C18H15NO4S/c20-18(19-15-7-3-1-4-8-15)17-14(11-12-23-17)13-24(21,22)16-9-5-2-6-10-16/h1-12H,13H2,(H,19,20). The molecule has 1 amide bonds. The Labute approximate surface area is 139 Å². The monoisotopic (exact) mass is 341 g/mol. The lowest BCUT2D eigenvalue weighted by Crippen LogP contribution is -2.14. The smallest absolute Gasteiger partial charge is 0.291 e. The predicted molar refractivity (Wildman–Crippen MR) is 90.4 cm³/mol. The molecule has 3 aromatic rings. The number of nitrogens with one attached hydrogen (secondary N) is 1. The zero-order valence-corrected chi connectivity index (χ0v) is 13.5. The van der Waals surface area contributed by atoms with E-state index in [0.29, 0.717) is 11.3 Å². The highest BCUT2D eigenvalue weighted by Crippen LogP contribution is 2.21. The van der Waals surface area contributed by atoms with Crippen LogP contribution in [0.4, 0.5) is 5.69 Å². The van der Waals surface area contributed by atoms with Crippen LogP contribution in [0, 0.1) is 0 Å². The number of rotatable bonds is 5. The van der Waals surface area contributed by atoms with E-state index >= 15 is 0 Å². The molecule has 24 heavy (non-hydrogen) atoms. The van der Waals surface area contributed by atoms with Gasteiger partial charge in [-0.15, -0.1) is 0 Å². The maximum Gasteiger partial charge on any atom is 0.291 e. The minimum Gasteiger partial charge on any atom is -0.459 e. The molecule has 1 heterocycles. The van der Waals surface area contributed by atoms with Gasteiger partial charge in [0.1, 0.15) is 0 Å². The van der Waals surface area contributed by atoms with Crippen LogP contribution in [-0.4, -0.2) is 14.3 Å². The van der Waals surface area contributed by atoms with Gasteiger partial charge in [0.05, 0.1) is 16.9 Å². The Balaban J connectivity index is 1.82. The topological polar surface area (TPSA) is 76.4 Å². The van der Waals surface area contributed by atoms with Crippen LogP contribution in [0.3, 0.4) is 0 Å². The molecule has 0 aliphatic heterocycles. The highest BCUT2D eigenvalue weighted by molar-refractivity contribution is 7.90. The van der Waals surface area contributed by atoms with Gasteiger partial charge >= 0.3 is 0 Å². The molecule has 0 aliphatic carbocycles. The second kappa shape index (κ2) is 6.72. The van der Waals surface area contributed by atoms with Crippen LogP contribution in [-0.2, 0) is 15.6 Å². The summed E-state index contributed by atoms with van der Waals surface area (Å²) in [6.07, 6.45) is 1.32. The first-order valence-electron chi connectivity index (χ1n) is 7.27. The van der Waals surface area contributed by atoms with E-state index in [1.165, 1.54) is 24.5 Å². The third-order valence-corrected chi connectivity index (χ3v) is 5.11. The molecule has 0 unspecified atom stereocenters. The van der Waals surface area contributed by atoms with E-state index in [1.807, 2.05) is 6.07 Å². The van der Waals surface area contributed by atoms with Crippen molar-refractivity contribution < 1.29 is 17.6 Å². The fraction of sp³-hybridized carbons (Fsp3) is 0.0556. The number of benzene rings is 2. The van der Waals surface area contributed by atoms with Crippen LogP contribution in [0.5, 0.6) is 0 Å². The molecule has 5 nitrogen and oxygen atoms in total. The van der Waals surface area contributed by atoms with Gasteiger partial charge in [-0.05, 0) is 30.3 Å². The SMILES string of the molecule is O=C(Nc1ccccc1)c1occc1CS(=O)(=O)c1ccccc1. The Morgan fingerprint density at radius 2 is 1.54 bits per heavy atom. The molecule has 0 saturated heterocycles. The molecule has 6 heteroatoms. The third-order valence-electron chi connectivity index (χ3n) is 3.43. The molecule has 122 valence electrons. The van der Waals surface area contributed by atoms with Gasteiger partial charge in [0.15, 0.2) is 15.6 Å². The third kappa shape index (κ3) is 3.55. The summed E-state index contributed by atoms with van der Waals surface area (Å²) in [5, 5.41) is 2.68. The van der Waals surface area contributed by atoms with Gasteiger partial charge in [-0.2, -0.15) is 0 Å². The number of anilines is 1. The number of carbonyl (C=O) groups is 1. The van der Waals surface area contributed by atoms with E-state index in [0.717, 1.165) is 0 Å². The van der Waals surface area contributed by atoms with Crippen molar-refractivity contribution in [3.63, 3.8) is 0 Å². The van der Waals surface area contributed by atoms with Crippen molar-refractivity contribution in [2.45, 2.75) is 10.6 Å². The van der Waals surface area contributed by atoms with E-state index in [4.69, 9.17) is 4.42 Å². The predicted octanol–water partition coefficient (Wildman–Crippen LogP) is 3.51. The fourth-order valence-electron chi connectivity index (χ4n) is 2.27. The van der Waals surface area contributed by atoms with Crippen LogP contribution in [0.25, 0.3) is 0 Å². The van der Waals surface area contributed by atoms with Crippen molar-refractivity contribution in [3.05, 3.63) is 84.3 Å². The normalized spacial score (nSPS) is 11.2. The van der Waals surface area contributed by atoms with E-state index < -0.39 is 15.7 Å². The van der Waals surface area contributed by atoms with Crippen LogP contribution in [0.2, 0.25) is 0 Å². The summed E-state index contributed by atoms with van der Waals surface area (Å²) in [5.41, 5.74) is 0.933. The minimum absolute atomic E-state index is 0.00152. The molecule has 1 aromatic heterocycles. The first-order valence-corrected chi connectivity index (χ1v) is 8.92. The van der Waals surface area contributed by atoms with E-state index in [-0.39, 0.29) is 16.4 Å². The Bertz CT molecular complexity index is 931. The quantitative estimate of drug-likeness (QED) is 0.770. The number of para-hydroxylation sites is 1. The number of furan rings is 1. The van der Waals surface area contributed by atoms with Crippen molar-refractivity contribution in [2.75, 3.05) is 5.32 Å². The van der Waals surface area contributed by atoms with Gasteiger partial charge in [0.25, 0.3) is 5.91 Å². The summed E-state index contributed by atoms with van der Waals surface area (Å²) in [6.45, 7) is 0. The molecule has 0 aliphatic rings. The lowest BCUT2D eigenvalue weighted by atomic mass is 10.2. The van der Waals surface area contributed by atoms with Gasteiger partial charge < -0.3 is 9.73 Å². The van der Waals surface area contributed by atoms with E-state index in [1.54, 1.807) is 42.5 Å². The van der Waals surface area contributed by atoms with Crippen molar-refractivity contribution >= 4 is 21.4 Å². The second-order valence-electron chi connectivity index (χ2n) is 5.17. The maximum absolute atomic E-state index is 12.5. The van der Waals surface area contributed by atoms with E-state index in [2.05, 4.69) is 5.32 Å². The Hall–Kier alpha value is -2.86. The van der Waals surface area contributed by atoms with Crippen LogP contribution < -0.4 is 5.32 Å². The zero-order chi connectivity index (χ0) is 17.0. The van der Waals surface area contributed by atoms with Gasteiger partial charge in [-0.3, -0.25) is 4.79 Å². The molecular formula is C18H15NO4S. The summed E-state index contributed by atoms with van der Waals surface area (Å²) >= 11 is 0. The number of amides is 1. The summed E-state index contributed by atoms with van der Waals surface area (Å²) in [7, 11) is -3.55. The molecule has 0 spiro atoms. The minimum atomic E-state index is -3.55. The molecular weight excluding hydrogens is 326 g/mol. The molecule has 3 rings (SSSR count). The number of carbonyl (C=O) groups excluding carboxylic acids is 1. The van der Waals surface area contributed by atoms with E-state index in [9.17, 15) is 13.2 Å². The molecule has 0 atom stereocenters. The highest BCUT2D eigenvalue weighted by atomic mass is 32.2. The first kappa shape index (κ1) is 16.0. The van der Waals surface area contributed by atoms with Crippen LogP contribution >= 0.6 is 0 Å². The molecule has 1 N–H and O–H groups in total. The molecule has 0 bridgehead atoms. The average molecular weight is 341 g/mol. The zero-order valence-electron chi connectivity index (χ0n) is 12.7. The number of hydrogen-bond donors (Lipinski definition) is 1. The molecule has 0 radical (unpaired) electrons. The second-order valence-corrected chi connectivity index (χ2v) is 7.16. The summed E-state index contributed by atoms with van der Waals surface area (Å²) in [4.78, 5) is 12.5. The van der Waals surface area contributed by atoms with Crippen LogP contribution in [0.1, 0.15) is 16.1 Å². The molecule has 2 aromatic carbocycles. The number of sulfone groups is 1. The number of hydrogen-bond acceptors (Lipinski definition) is 4. The van der Waals surface area contributed by atoms with Crippen LogP contribution in [0.15, 0.2) is 82.3 Å². The Morgan fingerprint density at radius 3 is 2.21 bits per heavy atom. The van der Waals surface area contributed by atoms with Crippen molar-refractivity contribution in [2.24, 2.45) is 0 Å². The van der Waals surface area contributed by atoms with Gasteiger partial charge in [-0.1, -0.05) is 36.4 Å². The van der Waals surface area contributed by atoms with Crippen molar-refractivity contribution in [1.29, 1.82) is 0 Å². The highest BCUT2D eigenvalue weighted by Gasteiger charge is 2.22. The van der Waals surface area contributed by atoms with Crippen molar-refractivity contribution in [3.8, 4) is 0 Å². The molecule has 0 saturated carbocycles. The fourth-order valence-corrected chi connectivity index (χ4v) is 3.65. The summed E-state index contributed by atoms with van der Waals surface area (Å²) in [5.74, 6) is -0.784. The average Bonchev–Trinajstić information content (AvgIpc) is 3.04.